The van der Waals surface area contributed by atoms with Crippen LogP contribution in [0.1, 0.15) is 24.6 Å². The molecule has 0 spiro atoms. The molecule has 86 valence electrons. The van der Waals surface area contributed by atoms with Crippen LogP contribution in [0.2, 0.25) is 0 Å². The monoisotopic (exact) mass is 235 g/mol. The first-order chi connectivity index (χ1) is 7.77. The van der Waals surface area contributed by atoms with E-state index in [9.17, 15) is 0 Å². The van der Waals surface area contributed by atoms with Gasteiger partial charge in [-0.15, -0.1) is 0 Å². The number of hydrogen-bond donors (Lipinski definition) is 1. The van der Waals surface area contributed by atoms with Gasteiger partial charge in [0.1, 0.15) is 11.8 Å². The Balaban J connectivity index is 2.45. The first kappa shape index (κ1) is 13.0. The van der Waals surface area contributed by atoms with Gasteiger partial charge in [0.25, 0.3) is 0 Å². The van der Waals surface area contributed by atoms with E-state index >= 15 is 0 Å². The van der Waals surface area contributed by atoms with Crippen molar-refractivity contribution in [3.05, 3.63) is 29.6 Å². The van der Waals surface area contributed by atoms with Gasteiger partial charge in [-0.25, -0.2) is 4.98 Å². The molecular formula is C12H17N3S. The lowest BCUT2D eigenvalue weighted by Gasteiger charge is -2.13. The third kappa shape index (κ3) is 4.21. The van der Waals surface area contributed by atoms with E-state index in [0.717, 1.165) is 17.7 Å². The Morgan fingerprint density at radius 2 is 2.44 bits per heavy atom. The van der Waals surface area contributed by atoms with Gasteiger partial charge in [-0.3, -0.25) is 0 Å². The second kappa shape index (κ2) is 7.26. The van der Waals surface area contributed by atoms with Gasteiger partial charge in [-0.2, -0.15) is 17.0 Å². The van der Waals surface area contributed by atoms with Crippen LogP contribution in [0.15, 0.2) is 18.3 Å². The Morgan fingerprint density at radius 1 is 1.62 bits per heavy atom. The Morgan fingerprint density at radius 3 is 3.12 bits per heavy atom. The predicted octanol–water partition coefficient (Wildman–Crippen LogP) is 2.18. The van der Waals surface area contributed by atoms with E-state index in [1.54, 1.807) is 6.20 Å². The Hall–Kier alpha value is -1.05. The number of nitrogens with one attached hydrogen (secondary N) is 1. The van der Waals surface area contributed by atoms with Gasteiger partial charge in [0.2, 0.25) is 0 Å². The quantitative estimate of drug-likeness (QED) is 0.821. The molecule has 1 atom stereocenters. The zero-order valence-corrected chi connectivity index (χ0v) is 10.5. The lowest BCUT2D eigenvalue weighted by Crippen LogP contribution is -2.26. The average Bonchev–Trinajstić information content (AvgIpc) is 2.34. The van der Waals surface area contributed by atoms with Crippen molar-refractivity contribution in [2.45, 2.75) is 25.9 Å². The van der Waals surface area contributed by atoms with Gasteiger partial charge in [-0.05, 0) is 31.4 Å². The van der Waals surface area contributed by atoms with Gasteiger partial charge in [-0.1, -0.05) is 6.07 Å². The predicted molar refractivity (Wildman–Crippen MR) is 68.3 cm³/mol. The van der Waals surface area contributed by atoms with E-state index in [1.807, 2.05) is 23.9 Å². The van der Waals surface area contributed by atoms with E-state index < -0.39 is 0 Å². The number of thioether (sulfide) groups is 1. The fraction of sp³-hybridized carbons (Fsp3) is 0.500. The summed E-state index contributed by atoms with van der Waals surface area (Å²) in [5, 5.41) is 12.3. The van der Waals surface area contributed by atoms with Crippen molar-refractivity contribution in [3.63, 3.8) is 0 Å². The number of hydrogen-bond acceptors (Lipinski definition) is 4. The Labute approximate surface area is 101 Å². The summed E-state index contributed by atoms with van der Waals surface area (Å²) in [7, 11) is 0. The molecule has 0 aliphatic heterocycles. The van der Waals surface area contributed by atoms with Crippen molar-refractivity contribution in [2.75, 3.05) is 12.0 Å². The van der Waals surface area contributed by atoms with E-state index in [0.29, 0.717) is 18.3 Å². The molecule has 0 saturated carbocycles. The van der Waals surface area contributed by atoms with Crippen LogP contribution >= 0.6 is 11.8 Å². The summed E-state index contributed by atoms with van der Waals surface area (Å²) in [4.78, 5) is 4.03. The van der Waals surface area contributed by atoms with Crippen molar-refractivity contribution < 1.29 is 0 Å². The highest BCUT2D eigenvalue weighted by Crippen LogP contribution is 2.05. The zero-order valence-electron chi connectivity index (χ0n) is 9.73. The lowest BCUT2D eigenvalue weighted by atomic mass is 10.2. The van der Waals surface area contributed by atoms with Crippen LogP contribution in [-0.4, -0.2) is 23.0 Å². The third-order valence-electron chi connectivity index (χ3n) is 2.39. The fourth-order valence-electron chi connectivity index (χ4n) is 1.36. The largest absolute Gasteiger partial charge is 0.310 e. The summed E-state index contributed by atoms with van der Waals surface area (Å²) in [6.45, 7) is 2.88. The smallest absolute Gasteiger partial charge is 0.144 e. The molecule has 0 saturated heterocycles. The van der Waals surface area contributed by atoms with Crippen molar-refractivity contribution >= 4 is 11.8 Å². The maximum atomic E-state index is 8.88. The number of nitrogens with zero attached hydrogens (tertiary/aromatic N) is 2. The molecule has 0 fully saturated rings. The summed E-state index contributed by atoms with van der Waals surface area (Å²) in [5.41, 5.74) is 1.49. The molecule has 0 amide bonds. The normalized spacial score (nSPS) is 12.1. The fourth-order valence-corrected chi connectivity index (χ4v) is 1.95. The highest BCUT2D eigenvalue weighted by Gasteiger charge is 2.04. The van der Waals surface area contributed by atoms with Gasteiger partial charge in [0, 0.05) is 24.3 Å². The minimum absolute atomic E-state index is 0.471. The van der Waals surface area contributed by atoms with Crippen LogP contribution in [0.5, 0.6) is 0 Å². The van der Waals surface area contributed by atoms with Gasteiger partial charge >= 0.3 is 0 Å². The van der Waals surface area contributed by atoms with E-state index in [1.165, 1.54) is 0 Å². The molecule has 0 aromatic carbocycles. The maximum Gasteiger partial charge on any atom is 0.144 e. The van der Waals surface area contributed by atoms with Crippen LogP contribution < -0.4 is 5.32 Å². The molecule has 16 heavy (non-hydrogen) atoms. The summed E-state index contributed by atoms with van der Waals surface area (Å²) < 4.78 is 0. The van der Waals surface area contributed by atoms with E-state index in [4.69, 9.17) is 5.26 Å². The molecule has 1 unspecified atom stereocenters. The van der Waals surface area contributed by atoms with Crippen LogP contribution in [0.3, 0.4) is 0 Å². The van der Waals surface area contributed by atoms with Crippen molar-refractivity contribution in [1.82, 2.24) is 10.3 Å². The minimum atomic E-state index is 0.471. The van der Waals surface area contributed by atoms with Gasteiger partial charge in [0.15, 0.2) is 0 Å². The minimum Gasteiger partial charge on any atom is -0.310 e. The Bertz CT molecular complexity index is 360. The SMILES string of the molecule is CSCCC(C)NCc1cccnc1C#N. The second-order valence-electron chi connectivity index (χ2n) is 3.69. The van der Waals surface area contributed by atoms with Gasteiger partial charge in [0.05, 0.1) is 0 Å². The first-order valence-corrected chi connectivity index (χ1v) is 6.73. The molecule has 0 bridgehead atoms. The summed E-state index contributed by atoms with van der Waals surface area (Å²) >= 11 is 1.85. The molecule has 1 heterocycles. The molecule has 0 aliphatic carbocycles. The van der Waals surface area contributed by atoms with Crippen LogP contribution in [0.4, 0.5) is 0 Å². The molecule has 1 aromatic heterocycles. The molecular weight excluding hydrogens is 218 g/mol. The van der Waals surface area contributed by atoms with Crippen LogP contribution in [-0.2, 0) is 6.54 Å². The van der Waals surface area contributed by atoms with E-state index in [2.05, 4.69) is 29.5 Å². The molecule has 0 radical (unpaired) electrons. The molecule has 1 aromatic rings. The van der Waals surface area contributed by atoms with Crippen molar-refractivity contribution in [2.24, 2.45) is 0 Å². The molecule has 3 nitrogen and oxygen atoms in total. The highest BCUT2D eigenvalue weighted by atomic mass is 32.2. The van der Waals surface area contributed by atoms with E-state index in [-0.39, 0.29) is 0 Å². The van der Waals surface area contributed by atoms with Crippen LogP contribution in [0, 0.1) is 11.3 Å². The summed E-state index contributed by atoms with van der Waals surface area (Å²) in [6, 6.07) is 6.39. The molecule has 4 heteroatoms. The zero-order chi connectivity index (χ0) is 11.8. The maximum absolute atomic E-state index is 8.88. The average molecular weight is 235 g/mol. The summed E-state index contributed by atoms with van der Waals surface area (Å²) in [5.74, 6) is 1.16. The number of nitriles is 1. The molecule has 1 N–H and O–H groups in total. The third-order valence-corrected chi connectivity index (χ3v) is 3.04. The summed E-state index contributed by atoms with van der Waals surface area (Å²) in [6.07, 6.45) is 4.91. The number of aromatic nitrogens is 1. The van der Waals surface area contributed by atoms with Crippen molar-refractivity contribution in [1.29, 1.82) is 5.26 Å². The topological polar surface area (TPSA) is 48.7 Å². The number of pyridine rings is 1. The Kier molecular flexibility index (Phi) is 5.91. The van der Waals surface area contributed by atoms with Gasteiger partial charge < -0.3 is 5.32 Å². The van der Waals surface area contributed by atoms with Crippen molar-refractivity contribution in [3.8, 4) is 6.07 Å². The second-order valence-corrected chi connectivity index (χ2v) is 4.67. The highest BCUT2D eigenvalue weighted by molar-refractivity contribution is 7.98. The standard InChI is InChI=1S/C12H17N3S/c1-10(5-7-16-2)15-9-11-4-3-6-14-12(11)8-13/h3-4,6,10,15H,5,7,9H2,1-2H3. The van der Waals surface area contributed by atoms with Crippen LogP contribution in [0.25, 0.3) is 0 Å². The first-order valence-electron chi connectivity index (χ1n) is 5.34. The molecule has 0 aliphatic rings. The molecule has 1 rings (SSSR count). The lowest BCUT2D eigenvalue weighted by molar-refractivity contribution is 0.536. The number of rotatable bonds is 6.